The van der Waals surface area contributed by atoms with Crippen molar-refractivity contribution in [2.75, 3.05) is 12.4 Å². The van der Waals surface area contributed by atoms with E-state index in [1.807, 2.05) is 0 Å². The molecule has 0 fully saturated rings. The summed E-state index contributed by atoms with van der Waals surface area (Å²) in [6, 6.07) is 5.18. The standard InChI is InChI=1S/C13H18O4S/c1-4-13(3)9-16-12-7-6-10(8-11(12)13)17-18(14,15)5-2/h6-8H,4-5,9H2,1-3H3. The lowest BCUT2D eigenvalue weighted by Crippen LogP contribution is -2.22. The van der Waals surface area contributed by atoms with E-state index in [9.17, 15) is 8.42 Å². The lowest BCUT2D eigenvalue weighted by Gasteiger charge is -2.20. The monoisotopic (exact) mass is 270 g/mol. The van der Waals surface area contributed by atoms with Crippen molar-refractivity contribution in [1.29, 1.82) is 0 Å². The summed E-state index contributed by atoms with van der Waals surface area (Å²) in [6.07, 6.45) is 0.935. The van der Waals surface area contributed by atoms with Crippen LogP contribution in [-0.4, -0.2) is 20.8 Å². The molecule has 1 aromatic rings. The average Bonchev–Trinajstić information content (AvgIpc) is 2.68. The Morgan fingerprint density at radius 2 is 2.11 bits per heavy atom. The van der Waals surface area contributed by atoms with E-state index in [0.717, 1.165) is 17.7 Å². The van der Waals surface area contributed by atoms with Gasteiger partial charge < -0.3 is 8.92 Å². The Balaban J connectivity index is 2.36. The molecule has 5 heteroatoms. The van der Waals surface area contributed by atoms with Gasteiger partial charge in [0, 0.05) is 11.0 Å². The molecule has 0 saturated carbocycles. The minimum Gasteiger partial charge on any atom is -0.492 e. The van der Waals surface area contributed by atoms with Crippen LogP contribution >= 0.6 is 0 Å². The highest BCUT2D eigenvalue weighted by Crippen LogP contribution is 2.42. The van der Waals surface area contributed by atoms with E-state index >= 15 is 0 Å². The molecule has 0 spiro atoms. The fourth-order valence-electron chi connectivity index (χ4n) is 1.97. The number of hydrogen-bond acceptors (Lipinski definition) is 4. The number of ether oxygens (including phenoxy) is 1. The predicted molar refractivity (Wildman–Crippen MR) is 69.7 cm³/mol. The topological polar surface area (TPSA) is 52.6 Å². The fraction of sp³-hybridized carbons (Fsp3) is 0.538. The second-order valence-electron chi connectivity index (χ2n) is 4.79. The summed E-state index contributed by atoms with van der Waals surface area (Å²) in [7, 11) is -3.47. The molecule has 4 nitrogen and oxygen atoms in total. The van der Waals surface area contributed by atoms with Crippen molar-refractivity contribution in [3.63, 3.8) is 0 Å². The van der Waals surface area contributed by atoms with Gasteiger partial charge >= 0.3 is 10.1 Å². The Labute approximate surface area is 108 Å². The molecule has 0 N–H and O–H groups in total. The summed E-state index contributed by atoms with van der Waals surface area (Å²) in [6.45, 7) is 6.39. The molecule has 1 aromatic carbocycles. The van der Waals surface area contributed by atoms with Crippen molar-refractivity contribution in [2.45, 2.75) is 32.6 Å². The number of fused-ring (bicyclic) bond motifs is 1. The Bertz CT molecular complexity index is 550. The third-order valence-electron chi connectivity index (χ3n) is 3.50. The van der Waals surface area contributed by atoms with Crippen LogP contribution in [0.3, 0.4) is 0 Å². The first-order valence-corrected chi connectivity index (χ1v) is 7.67. The molecule has 100 valence electrons. The largest absolute Gasteiger partial charge is 0.492 e. The van der Waals surface area contributed by atoms with Crippen LogP contribution in [0.4, 0.5) is 0 Å². The van der Waals surface area contributed by atoms with E-state index in [-0.39, 0.29) is 11.2 Å². The molecule has 1 unspecified atom stereocenters. The molecule has 2 rings (SSSR count). The molecule has 0 saturated heterocycles. The Kier molecular flexibility index (Phi) is 3.27. The predicted octanol–water partition coefficient (Wildman–Crippen LogP) is 2.48. The van der Waals surface area contributed by atoms with Crippen LogP contribution < -0.4 is 8.92 Å². The van der Waals surface area contributed by atoms with Gasteiger partial charge in [-0.1, -0.05) is 13.8 Å². The number of rotatable bonds is 4. The van der Waals surface area contributed by atoms with Gasteiger partial charge in [0.1, 0.15) is 11.5 Å². The molecular formula is C13H18O4S. The second kappa shape index (κ2) is 4.46. The van der Waals surface area contributed by atoms with Gasteiger partial charge in [-0.2, -0.15) is 8.42 Å². The minimum absolute atomic E-state index is 0.0361. The van der Waals surface area contributed by atoms with Crippen molar-refractivity contribution < 1.29 is 17.3 Å². The van der Waals surface area contributed by atoms with Gasteiger partial charge in [-0.25, -0.2) is 0 Å². The summed E-state index contributed by atoms with van der Waals surface area (Å²) in [4.78, 5) is 0. The van der Waals surface area contributed by atoms with Crippen LogP contribution in [0.15, 0.2) is 18.2 Å². The van der Waals surface area contributed by atoms with E-state index in [2.05, 4.69) is 13.8 Å². The zero-order valence-corrected chi connectivity index (χ0v) is 11.7. The number of hydrogen-bond donors (Lipinski definition) is 0. The maximum Gasteiger partial charge on any atom is 0.308 e. The zero-order chi connectivity index (χ0) is 13.4. The molecule has 1 aliphatic heterocycles. The van der Waals surface area contributed by atoms with Crippen molar-refractivity contribution in [1.82, 2.24) is 0 Å². The van der Waals surface area contributed by atoms with E-state index in [4.69, 9.17) is 8.92 Å². The van der Waals surface area contributed by atoms with Gasteiger partial charge in [-0.05, 0) is 31.5 Å². The van der Waals surface area contributed by atoms with E-state index in [0.29, 0.717) is 12.4 Å². The Morgan fingerprint density at radius 1 is 1.39 bits per heavy atom. The molecular weight excluding hydrogens is 252 g/mol. The normalized spacial score (nSPS) is 22.4. The van der Waals surface area contributed by atoms with Gasteiger partial charge in [0.15, 0.2) is 0 Å². The fourth-order valence-corrected chi connectivity index (χ4v) is 2.49. The quantitative estimate of drug-likeness (QED) is 0.789. The van der Waals surface area contributed by atoms with E-state index < -0.39 is 10.1 Å². The molecule has 18 heavy (non-hydrogen) atoms. The van der Waals surface area contributed by atoms with Gasteiger partial charge in [0.2, 0.25) is 0 Å². The first-order chi connectivity index (χ1) is 8.40. The van der Waals surface area contributed by atoms with Crippen LogP contribution in [0.1, 0.15) is 32.8 Å². The van der Waals surface area contributed by atoms with Crippen LogP contribution in [-0.2, 0) is 15.5 Å². The first-order valence-electron chi connectivity index (χ1n) is 6.09. The molecule has 1 atom stereocenters. The summed E-state index contributed by atoms with van der Waals surface area (Å²) in [5, 5.41) is 0. The minimum atomic E-state index is -3.47. The molecule has 0 radical (unpaired) electrons. The lowest BCUT2D eigenvalue weighted by atomic mass is 9.82. The van der Waals surface area contributed by atoms with Crippen molar-refractivity contribution in [2.24, 2.45) is 0 Å². The first kappa shape index (κ1) is 13.2. The summed E-state index contributed by atoms with van der Waals surface area (Å²) in [5.74, 6) is 1.15. The summed E-state index contributed by atoms with van der Waals surface area (Å²) < 4.78 is 33.5. The lowest BCUT2D eigenvalue weighted by molar-refractivity contribution is 0.273. The molecule has 0 amide bonds. The zero-order valence-electron chi connectivity index (χ0n) is 10.9. The highest BCUT2D eigenvalue weighted by Gasteiger charge is 2.35. The van der Waals surface area contributed by atoms with Crippen LogP contribution in [0.25, 0.3) is 0 Å². The van der Waals surface area contributed by atoms with Crippen LogP contribution in [0.2, 0.25) is 0 Å². The molecule has 0 aliphatic carbocycles. The summed E-state index contributed by atoms with van der Waals surface area (Å²) in [5.41, 5.74) is 0.957. The van der Waals surface area contributed by atoms with Crippen molar-refractivity contribution in [3.05, 3.63) is 23.8 Å². The number of benzene rings is 1. The van der Waals surface area contributed by atoms with Crippen LogP contribution in [0, 0.1) is 0 Å². The third-order valence-corrected chi connectivity index (χ3v) is 4.66. The van der Waals surface area contributed by atoms with E-state index in [1.54, 1.807) is 25.1 Å². The van der Waals surface area contributed by atoms with Crippen molar-refractivity contribution >= 4 is 10.1 Å². The van der Waals surface area contributed by atoms with Crippen molar-refractivity contribution in [3.8, 4) is 11.5 Å². The smallest absolute Gasteiger partial charge is 0.308 e. The molecule has 0 aromatic heterocycles. The maximum atomic E-state index is 11.4. The molecule has 0 bridgehead atoms. The van der Waals surface area contributed by atoms with Gasteiger partial charge in [-0.3, -0.25) is 0 Å². The molecule has 1 aliphatic rings. The van der Waals surface area contributed by atoms with Gasteiger partial charge in [-0.15, -0.1) is 0 Å². The highest BCUT2D eigenvalue weighted by atomic mass is 32.2. The van der Waals surface area contributed by atoms with Gasteiger partial charge in [0.05, 0.1) is 12.4 Å². The van der Waals surface area contributed by atoms with Crippen LogP contribution in [0.5, 0.6) is 11.5 Å². The molecule has 1 heterocycles. The SMILES string of the molecule is CCC1(C)COc2ccc(OS(=O)(=O)CC)cc21. The third kappa shape index (κ3) is 2.32. The highest BCUT2D eigenvalue weighted by molar-refractivity contribution is 7.87. The maximum absolute atomic E-state index is 11.4. The van der Waals surface area contributed by atoms with Gasteiger partial charge in [0.25, 0.3) is 0 Å². The Morgan fingerprint density at radius 3 is 2.72 bits per heavy atom. The van der Waals surface area contributed by atoms with E-state index in [1.165, 1.54) is 0 Å². The average molecular weight is 270 g/mol. The Hall–Kier alpha value is -1.23. The summed E-state index contributed by atoms with van der Waals surface area (Å²) >= 11 is 0. The second-order valence-corrected chi connectivity index (χ2v) is 6.65.